The first-order chi connectivity index (χ1) is 13.0. The molecular formula is C19H16ClN3O4. The topological polar surface area (TPSA) is 94.3 Å². The van der Waals surface area contributed by atoms with Gasteiger partial charge in [-0.05, 0) is 31.2 Å². The fourth-order valence-electron chi connectivity index (χ4n) is 2.28. The lowest BCUT2D eigenvalue weighted by atomic mass is 10.2. The van der Waals surface area contributed by atoms with Crippen LogP contribution in [0.25, 0.3) is 11.5 Å². The van der Waals surface area contributed by atoms with E-state index in [2.05, 4.69) is 15.5 Å². The van der Waals surface area contributed by atoms with Gasteiger partial charge in [-0.2, -0.15) is 0 Å². The first kappa shape index (κ1) is 18.6. The fraction of sp³-hybridized carbons (Fsp3) is 0.158. The van der Waals surface area contributed by atoms with Crippen LogP contribution in [-0.2, 0) is 9.53 Å². The molecule has 2 aromatic carbocycles. The zero-order chi connectivity index (χ0) is 19.2. The van der Waals surface area contributed by atoms with Crippen LogP contribution < -0.4 is 5.32 Å². The molecule has 1 N–H and O–H groups in total. The van der Waals surface area contributed by atoms with Crippen LogP contribution >= 0.6 is 11.6 Å². The Labute approximate surface area is 160 Å². The molecule has 0 bridgehead atoms. The minimum Gasteiger partial charge on any atom is -0.451 e. The van der Waals surface area contributed by atoms with Crippen molar-refractivity contribution in [2.75, 3.05) is 6.54 Å². The predicted molar refractivity (Wildman–Crippen MR) is 98.0 cm³/mol. The summed E-state index contributed by atoms with van der Waals surface area (Å²) in [5.74, 6) is -0.600. The summed E-state index contributed by atoms with van der Waals surface area (Å²) in [4.78, 5) is 24.0. The van der Waals surface area contributed by atoms with Crippen LogP contribution in [0.15, 0.2) is 59.0 Å². The van der Waals surface area contributed by atoms with Gasteiger partial charge in [-0.1, -0.05) is 41.9 Å². The molecule has 0 saturated heterocycles. The molecule has 0 fully saturated rings. The van der Waals surface area contributed by atoms with Crippen LogP contribution in [0.4, 0.5) is 0 Å². The minimum absolute atomic E-state index is 0.166. The summed E-state index contributed by atoms with van der Waals surface area (Å²) >= 11 is 5.95. The van der Waals surface area contributed by atoms with E-state index < -0.39 is 18.0 Å². The summed E-state index contributed by atoms with van der Waals surface area (Å²) in [6.07, 6.45) is -0.750. The molecule has 0 spiro atoms. The van der Waals surface area contributed by atoms with Gasteiger partial charge in [0.25, 0.3) is 11.8 Å². The highest BCUT2D eigenvalue weighted by Gasteiger charge is 2.19. The molecular weight excluding hydrogens is 370 g/mol. The van der Waals surface area contributed by atoms with E-state index >= 15 is 0 Å². The highest BCUT2D eigenvalue weighted by atomic mass is 35.5. The summed E-state index contributed by atoms with van der Waals surface area (Å²) < 4.78 is 10.8. The Morgan fingerprint density at radius 1 is 1.11 bits per heavy atom. The van der Waals surface area contributed by atoms with E-state index in [0.717, 1.165) is 5.56 Å². The van der Waals surface area contributed by atoms with Gasteiger partial charge >= 0.3 is 5.97 Å². The molecule has 0 unspecified atom stereocenters. The fourth-order valence-corrected chi connectivity index (χ4v) is 2.50. The lowest BCUT2D eigenvalue weighted by molar-refractivity contribution is -0.148. The Bertz CT molecular complexity index is 943. The van der Waals surface area contributed by atoms with Crippen molar-refractivity contribution in [2.45, 2.75) is 13.0 Å². The van der Waals surface area contributed by atoms with E-state index in [0.29, 0.717) is 10.9 Å². The third-order valence-electron chi connectivity index (χ3n) is 3.63. The van der Waals surface area contributed by atoms with Gasteiger partial charge in [0.2, 0.25) is 5.89 Å². The quantitative estimate of drug-likeness (QED) is 0.653. The third-order valence-corrected chi connectivity index (χ3v) is 3.96. The Kier molecular flexibility index (Phi) is 5.83. The number of aromatic nitrogens is 2. The Balaban J connectivity index is 1.54. The minimum atomic E-state index is -0.750. The molecule has 1 amide bonds. The summed E-state index contributed by atoms with van der Waals surface area (Å²) in [6.45, 7) is 1.30. The van der Waals surface area contributed by atoms with Crippen molar-refractivity contribution in [2.24, 2.45) is 0 Å². The maximum atomic E-state index is 12.0. The van der Waals surface area contributed by atoms with Gasteiger partial charge in [0.1, 0.15) is 6.54 Å². The summed E-state index contributed by atoms with van der Waals surface area (Å²) in [7, 11) is 0. The number of benzene rings is 2. The molecule has 7 nitrogen and oxygen atoms in total. The first-order valence-electron chi connectivity index (χ1n) is 8.15. The number of nitrogens with one attached hydrogen (secondary N) is 1. The van der Waals surface area contributed by atoms with Crippen molar-refractivity contribution in [1.82, 2.24) is 15.5 Å². The molecule has 1 heterocycles. The molecule has 3 rings (SSSR count). The largest absolute Gasteiger partial charge is 0.451 e. The molecule has 0 aliphatic heterocycles. The highest BCUT2D eigenvalue weighted by molar-refractivity contribution is 6.33. The van der Waals surface area contributed by atoms with Crippen LogP contribution in [0.5, 0.6) is 0 Å². The number of esters is 1. The molecule has 0 saturated carbocycles. The second-order valence-electron chi connectivity index (χ2n) is 5.61. The smallest absolute Gasteiger partial charge is 0.326 e. The number of nitrogens with zero attached hydrogens (tertiary/aromatic N) is 2. The monoisotopic (exact) mass is 385 g/mol. The zero-order valence-electron chi connectivity index (χ0n) is 14.4. The molecule has 8 heteroatoms. The number of hydrogen-bond acceptors (Lipinski definition) is 6. The van der Waals surface area contributed by atoms with E-state index in [4.69, 9.17) is 20.8 Å². The van der Waals surface area contributed by atoms with Crippen molar-refractivity contribution < 1.29 is 18.7 Å². The number of hydrogen-bond donors (Lipinski definition) is 1. The van der Waals surface area contributed by atoms with Crippen molar-refractivity contribution in [3.63, 3.8) is 0 Å². The maximum absolute atomic E-state index is 12.0. The van der Waals surface area contributed by atoms with Gasteiger partial charge in [0.15, 0.2) is 6.10 Å². The van der Waals surface area contributed by atoms with Crippen LogP contribution in [0.2, 0.25) is 5.02 Å². The second-order valence-corrected chi connectivity index (χ2v) is 6.01. The standard InChI is InChI=1S/C19H16ClN3O4/c1-12(18-22-23-19(27-18)13-7-3-2-4-8-13)26-16(24)11-21-17(25)14-9-5-6-10-15(14)20/h2-10,12H,11H2,1H3,(H,21,25)/t12-/m0/s1. The van der Waals surface area contributed by atoms with Gasteiger partial charge in [-0.3, -0.25) is 9.59 Å². The van der Waals surface area contributed by atoms with E-state index in [-0.39, 0.29) is 18.0 Å². The van der Waals surface area contributed by atoms with Crippen LogP contribution in [0.1, 0.15) is 29.3 Å². The number of rotatable bonds is 6. The maximum Gasteiger partial charge on any atom is 0.326 e. The van der Waals surface area contributed by atoms with Crippen LogP contribution in [-0.4, -0.2) is 28.6 Å². The van der Waals surface area contributed by atoms with Crippen LogP contribution in [0.3, 0.4) is 0 Å². The van der Waals surface area contributed by atoms with E-state index in [1.165, 1.54) is 0 Å². The number of carbonyl (C=O) groups is 2. The van der Waals surface area contributed by atoms with Crippen molar-refractivity contribution in [1.29, 1.82) is 0 Å². The number of halogens is 1. The predicted octanol–water partition coefficient (Wildman–Crippen LogP) is 3.42. The summed E-state index contributed by atoms with van der Waals surface area (Å²) in [5.41, 5.74) is 1.05. The van der Waals surface area contributed by atoms with Crippen molar-refractivity contribution in [3.8, 4) is 11.5 Å². The van der Waals surface area contributed by atoms with Gasteiger partial charge < -0.3 is 14.5 Å². The van der Waals surface area contributed by atoms with Gasteiger partial charge in [0.05, 0.1) is 10.6 Å². The lowest BCUT2D eigenvalue weighted by Crippen LogP contribution is -2.31. The molecule has 138 valence electrons. The van der Waals surface area contributed by atoms with E-state index in [1.54, 1.807) is 31.2 Å². The SMILES string of the molecule is C[C@H](OC(=O)CNC(=O)c1ccccc1Cl)c1nnc(-c2ccccc2)o1. The second kappa shape index (κ2) is 8.46. The Morgan fingerprint density at radius 3 is 2.56 bits per heavy atom. The molecule has 0 aliphatic rings. The zero-order valence-corrected chi connectivity index (χ0v) is 15.1. The molecule has 1 aromatic heterocycles. The average Bonchev–Trinajstić information content (AvgIpc) is 3.17. The van der Waals surface area contributed by atoms with E-state index in [1.807, 2.05) is 30.3 Å². The highest BCUT2D eigenvalue weighted by Crippen LogP contribution is 2.22. The molecule has 27 heavy (non-hydrogen) atoms. The average molecular weight is 386 g/mol. The molecule has 1 atom stereocenters. The summed E-state index contributed by atoms with van der Waals surface area (Å²) in [5, 5.41) is 10.6. The van der Waals surface area contributed by atoms with Gasteiger partial charge in [-0.15, -0.1) is 10.2 Å². The Morgan fingerprint density at radius 2 is 1.81 bits per heavy atom. The number of amides is 1. The van der Waals surface area contributed by atoms with Crippen molar-refractivity contribution >= 4 is 23.5 Å². The Hall–Kier alpha value is -3.19. The molecule has 0 aliphatic carbocycles. The molecule has 3 aromatic rings. The van der Waals surface area contributed by atoms with Gasteiger partial charge in [-0.25, -0.2) is 0 Å². The normalized spacial score (nSPS) is 11.6. The lowest BCUT2D eigenvalue weighted by Gasteiger charge is -2.10. The van der Waals surface area contributed by atoms with Crippen LogP contribution in [0, 0.1) is 0 Å². The summed E-state index contributed by atoms with van der Waals surface area (Å²) in [6, 6.07) is 15.8. The number of carbonyl (C=O) groups excluding carboxylic acids is 2. The third kappa shape index (κ3) is 4.71. The van der Waals surface area contributed by atoms with Crippen molar-refractivity contribution in [3.05, 3.63) is 71.1 Å². The van der Waals surface area contributed by atoms with Gasteiger partial charge in [0, 0.05) is 5.56 Å². The first-order valence-corrected chi connectivity index (χ1v) is 8.53. The van der Waals surface area contributed by atoms with E-state index in [9.17, 15) is 9.59 Å². The molecule has 0 radical (unpaired) electrons. The number of ether oxygens (including phenoxy) is 1.